The molecule has 1 N–H and O–H groups in total. The summed E-state index contributed by atoms with van der Waals surface area (Å²) in [7, 11) is -1.56. The SMILES string of the molecule is CC(C)C(C(=O)O)S(=O)Cc1ccc(F)c(Cl)c1. The highest BCUT2D eigenvalue weighted by molar-refractivity contribution is 7.85. The molecule has 100 valence electrons. The average Bonchev–Trinajstić information content (AvgIpc) is 2.22. The maximum absolute atomic E-state index is 12.9. The summed E-state index contributed by atoms with van der Waals surface area (Å²) in [5.74, 6) is -1.82. The Kier molecular flexibility index (Phi) is 5.28. The van der Waals surface area contributed by atoms with Crippen molar-refractivity contribution in [2.45, 2.75) is 24.9 Å². The highest BCUT2D eigenvalue weighted by Gasteiger charge is 2.28. The fourth-order valence-electron chi connectivity index (χ4n) is 1.58. The number of hydrogen-bond donors (Lipinski definition) is 1. The second-order valence-electron chi connectivity index (χ2n) is 4.28. The maximum atomic E-state index is 12.9. The lowest BCUT2D eigenvalue weighted by molar-refractivity contribution is -0.137. The van der Waals surface area contributed by atoms with E-state index in [9.17, 15) is 13.4 Å². The molecule has 0 aromatic heterocycles. The summed E-state index contributed by atoms with van der Waals surface area (Å²) in [4.78, 5) is 11.0. The van der Waals surface area contributed by atoms with Crippen molar-refractivity contribution in [3.8, 4) is 0 Å². The van der Waals surface area contributed by atoms with Crippen molar-refractivity contribution in [2.75, 3.05) is 0 Å². The predicted octanol–water partition coefficient (Wildman–Crippen LogP) is 2.84. The van der Waals surface area contributed by atoms with Gasteiger partial charge in [-0.25, -0.2) is 4.39 Å². The van der Waals surface area contributed by atoms with Crippen molar-refractivity contribution in [2.24, 2.45) is 5.92 Å². The number of carboxylic acids is 1. The molecule has 0 aliphatic heterocycles. The van der Waals surface area contributed by atoms with Gasteiger partial charge < -0.3 is 5.11 Å². The largest absolute Gasteiger partial charge is 0.480 e. The first-order chi connectivity index (χ1) is 8.32. The summed E-state index contributed by atoms with van der Waals surface area (Å²) in [6.45, 7) is 3.41. The third-order valence-electron chi connectivity index (χ3n) is 2.43. The third-order valence-corrected chi connectivity index (χ3v) is 4.64. The molecule has 2 atom stereocenters. The number of carbonyl (C=O) groups is 1. The molecule has 0 amide bonds. The Labute approximate surface area is 112 Å². The Bertz CT molecular complexity index is 476. The molecule has 1 aromatic rings. The van der Waals surface area contributed by atoms with Crippen molar-refractivity contribution in [3.63, 3.8) is 0 Å². The van der Waals surface area contributed by atoms with Crippen LogP contribution in [-0.2, 0) is 21.3 Å². The lowest BCUT2D eigenvalue weighted by Crippen LogP contribution is -2.31. The summed E-state index contributed by atoms with van der Waals surface area (Å²) in [6.07, 6.45) is 0. The maximum Gasteiger partial charge on any atom is 0.319 e. The molecule has 1 aromatic carbocycles. The van der Waals surface area contributed by atoms with Gasteiger partial charge >= 0.3 is 5.97 Å². The van der Waals surface area contributed by atoms with Gasteiger partial charge in [0.1, 0.15) is 11.1 Å². The Balaban J connectivity index is 2.86. The van der Waals surface area contributed by atoms with Crippen molar-refractivity contribution in [1.29, 1.82) is 0 Å². The normalized spacial score (nSPS) is 14.5. The molecule has 1 rings (SSSR count). The first-order valence-electron chi connectivity index (χ1n) is 5.37. The molecule has 2 unspecified atom stereocenters. The number of hydrogen-bond acceptors (Lipinski definition) is 2. The van der Waals surface area contributed by atoms with Gasteiger partial charge in [0.15, 0.2) is 0 Å². The van der Waals surface area contributed by atoms with E-state index in [1.165, 1.54) is 18.2 Å². The van der Waals surface area contributed by atoms with Gasteiger partial charge in [0.2, 0.25) is 0 Å². The summed E-state index contributed by atoms with van der Waals surface area (Å²) in [5, 5.41) is 8.02. The van der Waals surface area contributed by atoms with Gasteiger partial charge in [0.05, 0.1) is 5.02 Å². The highest BCUT2D eigenvalue weighted by atomic mass is 35.5. The standard InChI is InChI=1S/C12H14ClFO3S/c1-7(2)11(12(15)16)18(17)6-8-3-4-10(14)9(13)5-8/h3-5,7,11H,6H2,1-2H3,(H,15,16). The van der Waals surface area contributed by atoms with Crippen molar-refractivity contribution in [3.05, 3.63) is 34.6 Å². The van der Waals surface area contributed by atoms with E-state index in [1.807, 2.05) is 0 Å². The van der Waals surface area contributed by atoms with Crippen LogP contribution in [-0.4, -0.2) is 20.5 Å². The van der Waals surface area contributed by atoms with Crippen LogP contribution in [0.15, 0.2) is 18.2 Å². The minimum absolute atomic E-state index is 0.0507. The quantitative estimate of drug-likeness (QED) is 0.908. The number of halogens is 2. The smallest absolute Gasteiger partial charge is 0.319 e. The van der Waals surface area contributed by atoms with E-state index in [0.29, 0.717) is 5.56 Å². The number of rotatable bonds is 5. The molecule has 0 saturated heterocycles. The molecule has 0 aliphatic carbocycles. The predicted molar refractivity (Wildman–Crippen MR) is 69.5 cm³/mol. The third kappa shape index (κ3) is 3.78. The van der Waals surface area contributed by atoms with E-state index in [0.717, 1.165) is 0 Å². The van der Waals surface area contributed by atoms with Crippen LogP contribution in [0.1, 0.15) is 19.4 Å². The zero-order chi connectivity index (χ0) is 13.9. The molecular formula is C12H14ClFO3S. The summed E-state index contributed by atoms with van der Waals surface area (Å²) in [6, 6.07) is 4.01. The van der Waals surface area contributed by atoms with Crippen molar-refractivity contribution >= 4 is 28.4 Å². The molecule has 0 radical (unpaired) electrons. The Morgan fingerprint density at radius 2 is 2.11 bits per heavy atom. The van der Waals surface area contributed by atoms with Gasteiger partial charge in [-0.05, 0) is 23.6 Å². The summed E-state index contributed by atoms with van der Waals surface area (Å²) < 4.78 is 24.9. The van der Waals surface area contributed by atoms with E-state index in [1.54, 1.807) is 13.8 Å². The average molecular weight is 293 g/mol. The lowest BCUT2D eigenvalue weighted by atomic mass is 10.1. The van der Waals surface area contributed by atoms with Crippen LogP contribution in [0.25, 0.3) is 0 Å². The molecule has 6 heteroatoms. The Morgan fingerprint density at radius 1 is 1.50 bits per heavy atom. The van der Waals surface area contributed by atoms with Crippen LogP contribution in [0.4, 0.5) is 4.39 Å². The Morgan fingerprint density at radius 3 is 2.56 bits per heavy atom. The second-order valence-corrected chi connectivity index (χ2v) is 6.24. The van der Waals surface area contributed by atoms with E-state index in [-0.39, 0.29) is 16.7 Å². The molecule has 3 nitrogen and oxygen atoms in total. The van der Waals surface area contributed by atoms with Gasteiger partial charge in [0.25, 0.3) is 0 Å². The summed E-state index contributed by atoms with van der Waals surface area (Å²) in [5.41, 5.74) is 0.562. The molecule has 0 heterocycles. The van der Waals surface area contributed by atoms with Gasteiger partial charge in [-0.2, -0.15) is 0 Å². The first-order valence-corrected chi connectivity index (χ1v) is 7.13. The fraction of sp³-hybridized carbons (Fsp3) is 0.417. The van der Waals surface area contributed by atoms with Crippen LogP contribution >= 0.6 is 11.6 Å². The van der Waals surface area contributed by atoms with E-state index in [2.05, 4.69) is 0 Å². The molecular weight excluding hydrogens is 279 g/mol. The van der Waals surface area contributed by atoms with Gasteiger partial charge in [-0.15, -0.1) is 0 Å². The molecule has 0 aliphatic rings. The van der Waals surface area contributed by atoms with E-state index >= 15 is 0 Å². The number of benzene rings is 1. The zero-order valence-electron chi connectivity index (χ0n) is 10.0. The van der Waals surface area contributed by atoms with Gasteiger partial charge in [0, 0.05) is 16.6 Å². The van der Waals surface area contributed by atoms with E-state index in [4.69, 9.17) is 16.7 Å². The van der Waals surface area contributed by atoms with E-state index < -0.39 is 27.8 Å². The van der Waals surface area contributed by atoms with Crippen LogP contribution in [0.3, 0.4) is 0 Å². The van der Waals surface area contributed by atoms with Crippen LogP contribution in [0.5, 0.6) is 0 Å². The zero-order valence-corrected chi connectivity index (χ0v) is 11.6. The molecule has 0 fully saturated rings. The second kappa shape index (κ2) is 6.29. The van der Waals surface area contributed by atoms with Crippen LogP contribution < -0.4 is 0 Å². The molecule has 0 bridgehead atoms. The monoisotopic (exact) mass is 292 g/mol. The Hall–Kier alpha value is -0.940. The minimum Gasteiger partial charge on any atom is -0.480 e. The number of carboxylic acid groups (broad SMARTS) is 1. The van der Waals surface area contributed by atoms with Gasteiger partial charge in [-0.1, -0.05) is 31.5 Å². The van der Waals surface area contributed by atoms with Crippen LogP contribution in [0, 0.1) is 11.7 Å². The summed E-state index contributed by atoms with van der Waals surface area (Å²) >= 11 is 5.61. The first kappa shape index (κ1) is 15.1. The topological polar surface area (TPSA) is 54.4 Å². The van der Waals surface area contributed by atoms with Crippen molar-refractivity contribution < 1.29 is 18.5 Å². The molecule has 0 saturated carbocycles. The molecule has 18 heavy (non-hydrogen) atoms. The van der Waals surface area contributed by atoms with Crippen LogP contribution in [0.2, 0.25) is 5.02 Å². The molecule has 0 spiro atoms. The van der Waals surface area contributed by atoms with Gasteiger partial charge in [-0.3, -0.25) is 9.00 Å². The fourth-order valence-corrected chi connectivity index (χ4v) is 3.31. The lowest BCUT2D eigenvalue weighted by Gasteiger charge is -2.15. The number of aliphatic carboxylic acids is 1. The van der Waals surface area contributed by atoms with Crippen molar-refractivity contribution in [1.82, 2.24) is 0 Å². The highest BCUT2D eigenvalue weighted by Crippen LogP contribution is 2.19. The minimum atomic E-state index is -1.56.